The fraction of sp³-hybridized carbons (Fsp3) is 0.364. The minimum Gasteiger partial charge on any atom is -0.485 e. The summed E-state index contributed by atoms with van der Waals surface area (Å²) < 4.78 is 18.5. The van der Waals surface area contributed by atoms with E-state index < -0.39 is 21.8 Å². The highest BCUT2D eigenvalue weighted by Crippen LogP contribution is 2.41. The standard InChI is InChI=1S/C11H10FNO4/c1-11(2)5-17-9-6(10(11)14)3-4-7(12)8(9)13(15)16/h3-4H,5H2,1-2H3. The first-order valence-electron chi connectivity index (χ1n) is 4.99. The topological polar surface area (TPSA) is 69.4 Å². The molecule has 0 N–H and O–H groups in total. The molecule has 0 fully saturated rings. The smallest absolute Gasteiger partial charge is 0.346 e. The summed E-state index contributed by atoms with van der Waals surface area (Å²) in [4.78, 5) is 21.9. The fourth-order valence-electron chi connectivity index (χ4n) is 1.72. The SMILES string of the molecule is CC1(C)COc2c(ccc(F)c2[N+](=O)[O-])C1=O. The van der Waals surface area contributed by atoms with Gasteiger partial charge in [-0.25, -0.2) is 0 Å². The number of fused-ring (bicyclic) bond motifs is 1. The second-order valence-electron chi connectivity index (χ2n) is 4.53. The maximum absolute atomic E-state index is 13.3. The lowest BCUT2D eigenvalue weighted by molar-refractivity contribution is -0.388. The number of nitro groups is 1. The van der Waals surface area contributed by atoms with Crippen molar-refractivity contribution in [2.24, 2.45) is 5.41 Å². The molecule has 0 saturated carbocycles. The second-order valence-corrected chi connectivity index (χ2v) is 4.53. The number of benzene rings is 1. The summed E-state index contributed by atoms with van der Waals surface area (Å²) in [6, 6.07) is 2.14. The van der Waals surface area contributed by atoms with Crippen molar-refractivity contribution in [2.45, 2.75) is 13.8 Å². The van der Waals surface area contributed by atoms with Crippen LogP contribution in [0.3, 0.4) is 0 Å². The Hall–Kier alpha value is -1.98. The van der Waals surface area contributed by atoms with Gasteiger partial charge in [-0.1, -0.05) is 0 Å². The van der Waals surface area contributed by atoms with Gasteiger partial charge in [0, 0.05) is 0 Å². The van der Waals surface area contributed by atoms with Crippen molar-refractivity contribution in [3.8, 4) is 5.75 Å². The van der Waals surface area contributed by atoms with E-state index in [9.17, 15) is 19.3 Å². The van der Waals surface area contributed by atoms with E-state index in [2.05, 4.69) is 0 Å². The number of hydrogen-bond acceptors (Lipinski definition) is 4. The number of hydrogen-bond donors (Lipinski definition) is 0. The van der Waals surface area contributed by atoms with Gasteiger partial charge in [0.15, 0.2) is 5.78 Å². The third-order valence-corrected chi connectivity index (χ3v) is 2.70. The van der Waals surface area contributed by atoms with E-state index in [1.165, 1.54) is 6.07 Å². The summed E-state index contributed by atoms with van der Waals surface area (Å²) >= 11 is 0. The molecule has 1 heterocycles. The molecule has 17 heavy (non-hydrogen) atoms. The molecule has 2 rings (SSSR count). The lowest BCUT2D eigenvalue weighted by atomic mass is 9.82. The number of ketones is 1. The summed E-state index contributed by atoms with van der Waals surface area (Å²) in [7, 11) is 0. The van der Waals surface area contributed by atoms with Crippen LogP contribution in [-0.4, -0.2) is 17.3 Å². The third kappa shape index (κ3) is 1.65. The first-order valence-corrected chi connectivity index (χ1v) is 4.99. The van der Waals surface area contributed by atoms with E-state index in [1.54, 1.807) is 13.8 Å². The molecule has 1 aromatic carbocycles. The molecular formula is C11H10FNO4. The van der Waals surface area contributed by atoms with Crippen LogP contribution < -0.4 is 4.74 Å². The van der Waals surface area contributed by atoms with E-state index >= 15 is 0 Å². The van der Waals surface area contributed by atoms with Gasteiger partial charge >= 0.3 is 5.69 Å². The van der Waals surface area contributed by atoms with Crippen LogP contribution >= 0.6 is 0 Å². The maximum Gasteiger partial charge on any atom is 0.346 e. The molecule has 1 aliphatic rings. The summed E-state index contributed by atoms with van der Waals surface area (Å²) in [6.07, 6.45) is 0. The van der Waals surface area contributed by atoms with Crippen molar-refractivity contribution >= 4 is 11.5 Å². The largest absolute Gasteiger partial charge is 0.485 e. The van der Waals surface area contributed by atoms with Crippen LogP contribution in [0, 0.1) is 21.3 Å². The molecule has 0 bridgehead atoms. The van der Waals surface area contributed by atoms with Gasteiger partial charge in [-0.05, 0) is 26.0 Å². The van der Waals surface area contributed by atoms with Crippen molar-refractivity contribution in [1.82, 2.24) is 0 Å². The van der Waals surface area contributed by atoms with Crippen LogP contribution in [0.15, 0.2) is 12.1 Å². The number of nitro benzene ring substituents is 1. The van der Waals surface area contributed by atoms with Gasteiger partial charge in [-0.2, -0.15) is 4.39 Å². The highest BCUT2D eigenvalue weighted by atomic mass is 19.1. The molecule has 0 spiro atoms. The Morgan fingerprint density at radius 1 is 1.47 bits per heavy atom. The Morgan fingerprint density at radius 2 is 2.12 bits per heavy atom. The van der Waals surface area contributed by atoms with Crippen molar-refractivity contribution in [1.29, 1.82) is 0 Å². The number of Topliss-reactive ketones (excluding diaryl/α,β-unsaturated/α-hetero) is 1. The van der Waals surface area contributed by atoms with Crippen LogP contribution in [0.5, 0.6) is 5.75 Å². The molecular weight excluding hydrogens is 229 g/mol. The lowest BCUT2D eigenvalue weighted by Crippen LogP contribution is -2.36. The van der Waals surface area contributed by atoms with Crippen molar-refractivity contribution in [3.63, 3.8) is 0 Å². The van der Waals surface area contributed by atoms with Gasteiger partial charge in [0.05, 0.1) is 15.9 Å². The van der Waals surface area contributed by atoms with Gasteiger partial charge in [0.25, 0.3) is 0 Å². The van der Waals surface area contributed by atoms with E-state index in [0.717, 1.165) is 6.07 Å². The van der Waals surface area contributed by atoms with E-state index in [0.29, 0.717) is 0 Å². The molecule has 0 atom stereocenters. The van der Waals surface area contributed by atoms with Gasteiger partial charge in [-0.3, -0.25) is 14.9 Å². The number of ether oxygens (including phenoxy) is 1. The molecule has 0 aliphatic carbocycles. The molecule has 1 aromatic rings. The van der Waals surface area contributed by atoms with Crippen molar-refractivity contribution in [2.75, 3.05) is 6.61 Å². The average molecular weight is 239 g/mol. The lowest BCUT2D eigenvalue weighted by Gasteiger charge is -2.29. The minimum absolute atomic E-state index is 0.00310. The van der Waals surface area contributed by atoms with E-state index in [-0.39, 0.29) is 23.7 Å². The van der Waals surface area contributed by atoms with Gasteiger partial charge in [0.1, 0.15) is 6.61 Å². The molecule has 0 unspecified atom stereocenters. The average Bonchev–Trinajstić information content (AvgIpc) is 2.23. The highest BCUT2D eigenvalue weighted by molar-refractivity contribution is 6.04. The first kappa shape index (κ1) is 11.5. The zero-order chi connectivity index (χ0) is 12.8. The molecule has 6 heteroatoms. The molecule has 0 radical (unpaired) electrons. The van der Waals surface area contributed by atoms with Gasteiger partial charge in [0.2, 0.25) is 11.6 Å². The Morgan fingerprint density at radius 3 is 2.71 bits per heavy atom. The summed E-state index contributed by atoms with van der Waals surface area (Å²) in [5.41, 5.74) is -1.46. The van der Waals surface area contributed by atoms with Crippen LogP contribution in [0.4, 0.5) is 10.1 Å². The number of carbonyl (C=O) groups is 1. The van der Waals surface area contributed by atoms with Crippen molar-refractivity contribution < 1.29 is 18.8 Å². The Bertz CT molecular complexity index is 524. The Balaban J connectivity index is 2.67. The Kier molecular flexibility index (Phi) is 2.38. The minimum atomic E-state index is -0.999. The van der Waals surface area contributed by atoms with Crippen LogP contribution in [0.1, 0.15) is 24.2 Å². The molecule has 90 valence electrons. The number of halogens is 1. The Labute approximate surface area is 96.3 Å². The zero-order valence-electron chi connectivity index (χ0n) is 9.32. The second kappa shape index (κ2) is 3.51. The molecule has 0 aromatic heterocycles. The maximum atomic E-state index is 13.3. The van der Waals surface area contributed by atoms with Crippen LogP contribution in [-0.2, 0) is 0 Å². The van der Waals surface area contributed by atoms with E-state index in [4.69, 9.17) is 4.74 Å². The van der Waals surface area contributed by atoms with Crippen LogP contribution in [0.2, 0.25) is 0 Å². The van der Waals surface area contributed by atoms with Gasteiger partial charge in [-0.15, -0.1) is 0 Å². The molecule has 0 amide bonds. The molecule has 0 saturated heterocycles. The normalized spacial score (nSPS) is 17.2. The van der Waals surface area contributed by atoms with E-state index in [1.807, 2.05) is 0 Å². The predicted octanol–water partition coefficient (Wildman–Crippen LogP) is 2.34. The van der Waals surface area contributed by atoms with Crippen LogP contribution in [0.25, 0.3) is 0 Å². The third-order valence-electron chi connectivity index (χ3n) is 2.70. The van der Waals surface area contributed by atoms with Gasteiger partial charge < -0.3 is 4.74 Å². The summed E-state index contributed by atoms with van der Waals surface area (Å²) in [6.45, 7) is 3.35. The number of nitrogens with zero attached hydrogens (tertiary/aromatic N) is 1. The molecule has 1 aliphatic heterocycles. The quantitative estimate of drug-likeness (QED) is 0.557. The highest BCUT2D eigenvalue weighted by Gasteiger charge is 2.40. The van der Waals surface area contributed by atoms with Crippen molar-refractivity contribution in [3.05, 3.63) is 33.6 Å². The summed E-state index contributed by atoms with van der Waals surface area (Å²) in [5, 5.41) is 10.7. The predicted molar refractivity (Wildman–Crippen MR) is 56.7 cm³/mol. The zero-order valence-corrected chi connectivity index (χ0v) is 9.32. The summed E-state index contributed by atoms with van der Waals surface area (Å²) in [5.74, 6) is -1.54. The fourth-order valence-corrected chi connectivity index (χ4v) is 1.72. The molecule has 5 nitrogen and oxygen atoms in total. The monoisotopic (exact) mass is 239 g/mol. The first-order chi connectivity index (χ1) is 7.84. The number of carbonyl (C=O) groups excluding carboxylic acids is 1. The number of rotatable bonds is 1.